The number of pyridine rings is 1. The number of nitrogens with zero attached hydrogens (tertiary/aromatic N) is 5. The Labute approximate surface area is 135 Å². The second-order valence-electron chi connectivity index (χ2n) is 5.85. The zero-order valence-electron chi connectivity index (χ0n) is 12.9. The van der Waals surface area contributed by atoms with Crippen LogP contribution in [0.5, 0.6) is 0 Å². The molecule has 5 nitrogen and oxygen atoms in total. The number of hydrogen-bond acceptors (Lipinski definition) is 4. The van der Waals surface area contributed by atoms with Crippen LogP contribution in [0.3, 0.4) is 0 Å². The van der Waals surface area contributed by atoms with Gasteiger partial charge in [-0.25, -0.2) is 9.67 Å². The second-order valence-corrected chi connectivity index (χ2v) is 5.85. The second kappa shape index (κ2) is 6.30. The van der Waals surface area contributed by atoms with Gasteiger partial charge in [-0.1, -0.05) is 18.2 Å². The van der Waals surface area contributed by atoms with Crippen molar-refractivity contribution in [2.24, 2.45) is 0 Å². The monoisotopic (exact) mass is 305 g/mol. The molecule has 1 fully saturated rings. The largest absolute Gasteiger partial charge is 0.289 e. The molecule has 3 aromatic rings. The molecular weight excluding hydrogens is 286 g/mol. The van der Waals surface area contributed by atoms with Gasteiger partial charge in [0.05, 0.1) is 12.2 Å². The van der Waals surface area contributed by atoms with Crippen molar-refractivity contribution in [3.05, 3.63) is 72.6 Å². The molecule has 0 aliphatic carbocycles. The first-order chi connectivity index (χ1) is 11.4. The maximum absolute atomic E-state index is 4.62. The molecule has 3 heterocycles. The summed E-state index contributed by atoms with van der Waals surface area (Å²) in [4.78, 5) is 11.1. The van der Waals surface area contributed by atoms with Gasteiger partial charge in [0.1, 0.15) is 6.33 Å². The van der Waals surface area contributed by atoms with Gasteiger partial charge in [-0.15, -0.1) is 5.10 Å². The maximum atomic E-state index is 4.62. The standard InChI is InChI=1S/C18H19N5/c1-2-5-16(6-3-1)23-14-20-18(21-23)13-22-12-4-7-17(22)15-8-10-19-11-9-15/h1-3,5-6,8-11,14,17H,4,7,12-13H2. The van der Waals surface area contributed by atoms with E-state index in [2.05, 4.69) is 32.1 Å². The van der Waals surface area contributed by atoms with Crippen molar-refractivity contribution in [1.82, 2.24) is 24.6 Å². The molecule has 1 unspecified atom stereocenters. The highest BCUT2D eigenvalue weighted by Crippen LogP contribution is 2.32. The number of para-hydroxylation sites is 1. The van der Waals surface area contributed by atoms with Crippen LogP contribution in [0.15, 0.2) is 61.2 Å². The Morgan fingerprint density at radius 3 is 2.70 bits per heavy atom. The lowest BCUT2D eigenvalue weighted by molar-refractivity contribution is 0.242. The fourth-order valence-corrected chi connectivity index (χ4v) is 3.24. The molecule has 23 heavy (non-hydrogen) atoms. The van der Waals surface area contributed by atoms with Gasteiger partial charge in [0, 0.05) is 18.4 Å². The first kappa shape index (κ1) is 14.1. The molecule has 0 radical (unpaired) electrons. The lowest BCUT2D eigenvalue weighted by Gasteiger charge is -2.23. The highest BCUT2D eigenvalue weighted by Gasteiger charge is 2.26. The summed E-state index contributed by atoms with van der Waals surface area (Å²) in [6.45, 7) is 1.87. The van der Waals surface area contributed by atoms with Crippen molar-refractivity contribution in [2.45, 2.75) is 25.4 Å². The third-order valence-corrected chi connectivity index (χ3v) is 4.36. The zero-order valence-corrected chi connectivity index (χ0v) is 12.9. The average molecular weight is 305 g/mol. The van der Waals surface area contributed by atoms with Crippen LogP contribution in [0, 0.1) is 0 Å². The van der Waals surface area contributed by atoms with E-state index < -0.39 is 0 Å². The van der Waals surface area contributed by atoms with E-state index >= 15 is 0 Å². The summed E-state index contributed by atoms with van der Waals surface area (Å²) < 4.78 is 1.84. The molecule has 116 valence electrons. The average Bonchev–Trinajstić information content (AvgIpc) is 3.26. The Balaban J connectivity index is 1.51. The summed E-state index contributed by atoms with van der Waals surface area (Å²) >= 11 is 0. The minimum atomic E-state index is 0.446. The van der Waals surface area contributed by atoms with E-state index in [9.17, 15) is 0 Å². The summed E-state index contributed by atoms with van der Waals surface area (Å²) in [7, 11) is 0. The molecule has 0 spiro atoms. The van der Waals surface area contributed by atoms with Crippen LogP contribution >= 0.6 is 0 Å². The van der Waals surface area contributed by atoms with Crippen molar-refractivity contribution in [1.29, 1.82) is 0 Å². The highest BCUT2D eigenvalue weighted by molar-refractivity contribution is 5.29. The van der Waals surface area contributed by atoms with Crippen molar-refractivity contribution in [3.8, 4) is 5.69 Å². The normalized spacial score (nSPS) is 18.3. The van der Waals surface area contributed by atoms with Crippen LogP contribution in [-0.2, 0) is 6.54 Å². The Morgan fingerprint density at radius 1 is 1.04 bits per heavy atom. The van der Waals surface area contributed by atoms with Crippen molar-refractivity contribution < 1.29 is 0 Å². The molecule has 1 atom stereocenters. The fourth-order valence-electron chi connectivity index (χ4n) is 3.24. The SMILES string of the molecule is c1ccc(-n2cnc(CN3CCCC3c3ccncc3)n2)cc1. The predicted octanol–water partition coefficient (Wildman–Crippen LogP) is 3.00. The number of aromatic nitrogens is 4. The lowest BCUT2D eigenvalue weighted by Crippen LogP contribution is -2.23. The van der Waals surface area contributed by atoms with E-state index in [1.165, 1.54) is 18.4 Å². The van der Waals surface area contributed by atoms with Gasteiger partial charge in [0.25, 0.3) is 0 Å². The molecule has 1 aromatic carbocycles. The molecule has 0 saturated carbocycles. The van der Waals surface area contributed by atoms with Crippen LogP contribution in [-0.4, -0.2) is 31.2 Å². The van der Waals surface area contributed by atoms with Gasteiger partial charge in [-0.2, -0.15) is 0 Å². The van der Waals surface area contributed by atoms with Crippen LogP contribution in [0.25, 0.3) is 5.69 Å². The predicted molar refractivity (Wildman–Crippen MR) is 88.0 cm³/mol. The van der Waals surface area contributed by atoms with Gasteiger partial charge >= 0.3 is 0 Å². The Morgan fingerprint density at radius 2 is 1.87 bits per heavy atom. The van der Waals surface area contributed by atoms with E-state index in [0.717, 1.165) is 24.6 Å². The fraction of sp³-hybridized carbons (Fsp3) is 0.278. The molecule has 1 aliphatic heterocycles. The summed E-state index contributed by atoms with van der Waals surface area (Å²) in [5.41, 5.74) is 2.37. The van der Waals surface area contributed by atoms with Gasteiger partial charge in [-0.05, 0) is 49.2 Å². The molecule has 0 bridgehead atoms. The van der Waals surface area contributed by atoms with Gasteiger partial charge in [-0.3, -0.25) is 9.88 Å². The van der Waals surface area contributed by atoms with Crippen LogP contribution in [0.2, 0.25) is 0 Å². The van der Waals surface area contributed by atoms with Crippen LogP contribution in [0.1, 0.15) is 30.3 Å². The molecule has 5 heteroatoms. The first-order valence-electron chi connectivity index (χ1n) is 8.00. The van der Waals surface area contributed by atoms with Crippen molar-refractivity contribution >= 4 is 0 Å². The first-order valence-corrected chi connectivity index (χ1v) is 8.00. The smallest absolute Gasteiger partial charge is 0.165 e. The Kier molecular flexibility index (Phi) is 3.86. The third-order valence-electron chi connectivity index (χ3n) is 4.36. The van der Waals surface area contributed by atoms with Crippen molar-refractivity contribution in [3.63, 3.8) is 0 Å². The Hall–Kier alpha value is -2.53. The highest BCUT2D eigenvalue weighted by atomic mass is 15.3. The minimum Gasteiger partial charge on any atom is -0.289 e. The number of benzene rings is 1. The number of hydrogen-bond donors (Lipinski definition) is 0. The third kappa shape index (κ3) is 3.00. The number of rotatable bonds is 4. The molecule has 0 amide bonds. The zero-order chi connectivity index (χ0) is 15.5. The summed E-state index contributed by atoms with van der Waals surface area (Å²) in [5.74, 6) is 0.870. The summed E-state index contributed by atoms with van der Waals surface area (Å²) in [5, 5.41) is 4.62. The van der Waals surface area contributed by atoms with Crippen LogP contribution < -0.4 is 0 Å². The van der Waals surface area contributed by atoms with E-state index in [4.69, 9.17) is 0 Å². The molecule has 1 saturated heterocycles. The molecular formula is C18H19N5. The van der Waals surface area contributed by atoms with Gasteiger partial charge in [0.15, 0.2) is 5.82 Å². The molecule has 1 aliphatic rings. The van der Waals surface area contributed by atoms with E-state index in [0.29, 0.717) is 6.04 Å². The van der Waals surface area contributed by atoms with E-state index in [-0.39, 0.29) is 0 Å². The molecule has 0 N–H and O–H groups in total. The summed E-state index contributed by atoms with van der Waals surface area (Å²) in [6.07, 6.45) is 7.93. The van der Waals surface area contributed by atoms with Gasteiger partial charge < -0.3 is 0 Å². The van der Waals surface area contributed by atoms with E-state index in [1.807, 2.05) is 47.4 Å². The van der Waals surface area contributed by atoms with Gasteiger partial charge in [0.2, 0.25) is 0 Å². The topological polar surface area (TPSA) is 46.8 Å². The molecule has 4 rings (SSSR count). The van der Waals surface area contributed by atoms with Crippen molar-refractivity contribution in [2.75, 3.05) is 6.54 Å². The number of likely N-dealkylation sites (tertiary alicyclic amines) is 1. The maximum Gasteiger partial charge on any atom is 0.165 e. The molecule has 2 aromatic heterocycles. The lowest BCUT2D eigenvalue weighted by atomic mass is 10.1. The Bertz CT molecular complexity index is 753. The minimum absolute atomic E-state index is 0.446. The quantitative estimate of drug-likeness (QED) is 0.743. The van der Waals surface area contributed by atoms with Crippen LogP contribution in [0.4, 0.5) is 0 Å². The van der Waals surface area contributed by atoms with E-state index in [1.54, 1.807) is 6.33 Å². The summed E-state index contributed by atoms with van der Waals surface area (Å²) in [6, 6.07) is 14.8.